The van der Waals surface area contributed by atoms with Crippen molar-refractivity contribution >= 4 is 98.0 Å². The third kappa shape index (κ3) is 5.70. The quantitative estimate of drug-likeness (QED) is 0.116. The molecule has 1 aromatic carbocycles. The first kappa shape index (κ1) is 33.3. The molecule has 6 heteroatoms. The van der Waals surface area contributed by atoms with E-state index in [1.807, 2.05) is 68.0 Å². The fourth-order valence-corrected chi connectivity index (χ4v) is 14.7. The summed E-state index contributed by atoms with van der Waals surface area (Å²) in [4.78, 5) is 8.61. The molecule has 6 heterocycles. The van der Waals surface area contributed by atoms with Crippen molar-refractivity contribution in [2.24, 2.45) is 11.8 Å². The molecule has 2 unspecified atom stereocenters. The Balaban J connectivity index is 1.22. The van der Waals surface area contributed by atoms with Crippen molar-refractivity contribution in [3.63, 3.8) is 0 Å². The molecule has 0 amide bonds. The minimum atomic E-state index is 0.600. The molecule has 0 saturated carbocycles. The Morgan fingerprint density at radius 1 is 0.480 bits per heavy atom. The second kappa shape index (κ2) is 13.8. The van der Waals surface area contributed by atoms with Gasteiger partial charge in [-0.25, -0.2) is 0 Å². The van der Waals surface area contributed by atoms with Gasteiger partial charge in [-0.1, -0.05) is 65.5 Å². The van der Waals surface area contributed by atoms with Gasteiger partial charge in [-0.2, -0.15) is 0 Å². The van der Waals surface area contributed by atoms with E-state index in [0.717, 1.165) is 0 Å². The largest absolute Gasteiger partial charge is 0.143 e. The molecular weight excluding hydrogens is 721 g/mol. The van der Waals surface area contributed by atoms with Crippen molar-refractivity contribution < 1.29 is 0 Å². The number of allylic oxidation sites excluding steroid dienone is 2. The lowest BCUT2D eigenvalue weighted by molar-refractivity contribution is 0.541. The first-order valence-corrected chi connectivity index (χ1v) is 23.5. The van der Waals surface area contributed by atoms with Crippen LogP contribution in [0.1, 0.15) is 101 Å². The normalized spacial score (nSPS) is 16.2. The summed E-state index contributed by atoms with van der Waals surface area (Å²) in [6.07, 6.45) is 15.3. The molecule has 6 aromatic heterocycles. The third-order valence-electron chi connectivity index (χ3n) is 10.7. The van der Waals surface area contributed by atoms with Crippen molar-refractivity contribution in [3.8, 4) is 40.4 Å². The molecule has 0 saturated heterocycles. The average molecular weight is 763 g/mol. The van der Waals surface area contributed by atoms with Crippen molar-refractivity contribution in [3.05, 3.63) is 93.7 Å². The van der Waals surface area contributed by atoms with Crippen molar-refractivity contribution in [1.82, 2.24) is 0 Å². The van der Waals surface area contributed by atoms with Gasteiger partial charge in [0.15, 0.2) is 0 Å². The van der Waals surface area contributed by atoms with Gasteiger partial charge in [0, 0.05) is 70.3 Å². The lowest BCUT2D eigenvalue weighted by atomic mass is 9.90. The van der Waals surface area contributed by atoms with Crippen LogP contribution in [0.2, 0.25) is 0 Å². The molecule has 0 N–H and O–H groups in total. The zero-order valence-electron chi connectivity index (χ0n) is 29.2. The van der Waals surface area contributed by atoms with Gasteiger partial charge in [-0.15, -0.1) is 68.0 Å². The molecule has 2 aliphatic carbocycles. The van der Waals surface area contributed by atoms with E-state index in [0.29, 0.717) is 11.8 Å². The summed E-state index contributed by atoms with van der Waals surface area (Å²) in [6.45, 7) is 9.40. The van der Waals surface area contributed by atoms with Crippen LogP contribution in [0.3, 0.4) is 0 Å². The van der Waals surface area contributed by atoms with E-state index < -0.39 is 0 Å². The highest BCUT2D eigenvalue weighted by Gasteiger charge is 2.34. The van der Waals surface area contributed by atoms with E-state index in [4.69, 9.17) is 0 Å². The first-order chi connectivity index (χ1) is 24.6. The fraction of sp³-hybridized carbons (Fsp3) is 0.318. The summed E-state index contributed by atoms with van der Waals surface area (Å²) in [5.41, 5.74) is 11.7. The average Bonchev–Trinajstić information content (AvgIpc) is 3.96. The molecule has 2 aliphatic rings. The van der Waals surface area contributed by atoms with E-state index >= 15 is 0 Å². The number of hydrogen-bond donors (Lipinski definition) is 0. The number of rotatable bonds is 12. The maximum absolute atomic E-state index is 2.67. The number of thiophene rings is 6. The summed E-state index contributed by atoms with van der Waals surface area (Å²) < 4.78 is 5.65. The van der Waals surface area contributed by atoms with Crippen LogP contribution in [0, 0.1) is 11.8 Å². The molecule has 9 rings (SSSR count). The predicted molar refractivity (Wildman–Crippen MR) is 231 cm³/mol. The topological polar surface area (TPSA) is 0 Å². The smallest absolute Gasteiger partial charge is 0.0464 e. The molecule has 0 fully saturated rings. The number of benzene rings is 1. The Kier molecular flexibility index (Phi) is 9.16. The Bertz CT molecular complexity index is 2180. The van der Waals surface area contributed by atoms with Gasteiger partial charge in [0.1, 0.15) is 0 Å². The van der Waals surface area contributed by atoms with Gasteiger partial charge in [0.05, 0.1) is 0 Å². The molecule has 50 heavy (non-hydrogen) atoms. The van der Waals surface area contributed by atoms with Gasteiger partial charge in [-0.05, 0) is 119 Å². The zero-order valence-corrected chi connectivity index (χ0v) is 34.1. The number of unbranched alkanes of at least 4 members (excludes halogenated alkanes) is 2. The molecule has 254 valence electrons. The lowest BCUT2D eigenvalue weighted by Crippen LogP contribution is -1.97. The summed E-state index contributed by atoms with van der Waals surface area (Å²) >= 11 is 11.7. The molecular formula is C44H42S6. The number of hydrogen-bond acceptors (Lipinski definition) is 6. The van der Waals surface area contributed by atoms with Gasteiger partial charge in [-0.3, -0.25) is 0 Å². The second-order valence-electron chi connectivity index (χ2n) is 14.0. The fourth-order valence-electron chi connectivity index (χ4n) is 7.88. The maximum Gasteiger partial charge on any atom is 0.0464 e. The summed E-state index contributed by atoms with van der Waals surface area (Å²) in [6, 6.07) is 19.7. The van der Waals surface area contributed by atoms with Crippen LogP contribution in [0.25, 0.3) is 70.3 Å². The van der Waals surface area contributed by atoms with E-state index in [1.165, 1.54) is 144 Å². The Morgan fingerprint density at radius 3 is 1.32 bits per heavy atom. The van der Waals surface area contributed by atoms with Crippen LogP contribution in [-0.2, 0) is 0 Å². The summed E-state index contributed by atoms with van der Waals surface area (Å²) in [5.74, 6) is 1.20. The van der Waals surface area contributed by atoms with Crippen molar-refractivity contribution in [2.75, 3.05) is 0 Å². The Morgan fingerprint density at radius 2 is 0.920 bits per heavy atom. The Labute approximate surface area is 320 Å². The molecule has 0 radical (unpaired) electrons. The van der Waals surface area contributed by atoms with Gasteiger partial charge >= 0.3 is 0 Å². The molecule has 2 atom stereocenters. The standard InChI is InChI=1S/C44H42S6/c1-5-9-11-25(7-3)17-27-29-19-32-30(20-31(29)43-33(27)21-39(49-43)41-23-37-35(47-41)13-15-45-37)28(18-26(8-4)12-10-6-2)34-22-40(50-44(32)34)42-24-38-36(48-42)14-16-46-38/h13-26H,5-12H2,1-4H3. The third-order valence-corrected chi connectivity index (χ3v) is 17.7. The van der Waals surface area contributed by atoms with Crippen LogP contribution < -0.4 is 0 Å². The van der Waals surface area contributed by atoms with Gasteiger partial charge in [0.2, 0.25) is 0 Å². The summed E-state index contributed by atoms with van der Waals surface area (Å²) in [7, 11) is 0. The van der Waals surface area contributed by atoms with Crippen molar-refractivity contribution in [1.29, 1.82) is 0 Å². The highest BCUT2D eigenvalue weighted by molar-refractivity contribution is 7.32. The predicted octanol–water partition coefficient (Wildman–Crippen LogP) is 17.0. The second-order valence-corrected chi connectivity index (χ2v) is 20.1. The highest BCUT2D eigenvalue weighted by Crippen LogP contribution is 2.59. The van der Waals surface area contributed by atoms with E-state index in [-0.39, 0.29) is 0 Å². The lowest BCUT2D eigenvalue weighted by Gasteiger charge is -2.14. The number of fused-ring (bicyclic) bond motifs is 8. The first-order valence-electron chi connectivity index (χ1n) is 18.4. The van der Waals surface area contributed by atoms with Crippen LogP contribution in [-0.4, -0.2) is 0 Å². The molecule has 0 aliphatic heterocycles. The zero-order chi connectivity index (χ0) is 33.9. The molecule has 7 aromatic rings. The van der Waals surface area contributed by atoms with E-state index in [1.54, 1.807) is 0 Å². The minimum Gasteiger partial charge on any atom is -0.143 e. The van der Waals surface area contributed by atoms with Crippen LogP contribution >= 0.6 is 68.0 Å². The van der Waals surface area contributed by atoms with Crippen molar-refractivity contribution in [2.45, 2.75) is 79.1 Å². The molecule has 0 spiro atoms. The molecule has 0 bridgehead atoms. The maximum atomic E-state index is 2.67. The Hall–Kier alpha value is -2.58. The van der Waals surface area contributed by atoms with Crippen LogP contribution in [0.15, 0.2) is 71.4 Å². The SMILES string of the molecule is CCCCC(C=C1c2cc3c(cc2-c2sc(-c4cc5sccc5s4)cc21)C(=CC(CC)CCCC)c1cc(-c2cc4sccc4s2)sc1-3)CC. The van der Waals surface area contributed by atoms with E-state index in [9.17, 15) is 0 Å². The van der Waals surface area contributed by atoms with Gasteiger partial charge in [0.25, 0.3) is 0 Å². The minimum absolute atomic E-state index is 0.600. The van der Waals surface area contributed by atoms with Gasteiger partial charge < -0.3 is 0 Å². The highest BCUT2D eigenvalue weighted by atomic mass is 32.1. The van der Waals surface area contributed by atoms with Crippen LogP contribution in [0.5, 0.6) is 0 Å². The van der Waals surface area contributed by atoms with E-state index in [2.05, 4.69) is 99.1 Å². The summed E-state index contributed by atoms with van der Waals surface area (Å²) in [5, 5.41) is 4.44. The molecule has 0 nitrogen and oxygen atoms in total. The monoisotopic (exact) mass is 762 g/mol. The van der Waals surface area contributed by atoms with Crippen LogP contribution in [0.4, 0.5) is 0 Å².